The van der Waals surface area contributed by atoms with Crippen molar-refractivity contribution in [3.8, 4) is 0 Å². The van der Waals surface area contributed by atoms with E-state index in [1.807, 2.05) is 19.2 Å². The van der Waals surface area contributed by atoms with Gasteiger partial charge in [0.1, 0.15) is 11.1 Å². The van der Waals surface area contributed by atoms with Gasteiger partial charge in [-0.25, -0.2) is 4.98 Å². The normalized spacial score (nSPS) is 19.9. The van der Waals surface area contributed by atoms with Crippen LogP contribution in [0.25, 0.3) is 0 Å². The van der Waals surface area contributed by atoms with Crippen LogP contribution in [0.4, 0.5) is 0 Å². The van der Waals surface area contributed by atoms with Crippen LogP contribution >= 0.6 is 11.3 Å². The highest BCUT2D eigenvalue weighted by Gasteiger charge is 2.28. The summed E-state index contributed by atoms with van der Waals surface area (Å²) in [6, 6.07) is 0. The Hall–Kier alpha value is -1.47. The van der Waals surface area contributed by atoms with E-state index in [0.29, 0.717) is 26.1 Å². The van der Waals surface area contributed by atoms with Crippen molar-refractivity contribution in [2.45, 2.75) is 39.2 Å². The van der Waals surface area contributed by atoms with Crippen LogP contribution in [0.3, 0.4) is 0 Å². The molecule has 1 aromatic rings. The molecule has 1 N–H and O–H groups in total. The highest BCUT2D eigenvalue weighted by Crippen LogP contribution is 2.22. The molecule has 1 amide bonds. The number of carbonyl (C=O) groups excluding carboxylic acids is 1. The third-order valence-electron chi connectivity index (χ3n) is 3.79. The number of rotatable bonds is 6. The molecule has 122 valence electrons. The fraction of sp³-hybridized carbons (Fsp3) is 0.667. The zero-order chi connectivity index (χ0) is 16.1. The number of hydrogen-bond acceptors (Lipinski definition) is 5. The first kappa shape index (κ1) is 16.9. The Labute approximate surface area is 134 Å². The summed E-state index contributed by atoms with van der Waals surface area (Å²) in [6.45, 7) is 5.44. The number of aliphatic carboxylic acids is 1. The molecule has 0 spiro atoms. The number of likely N-dealkylation sites (tertiary alicyclic amines) is 1. The van der Waals surface area contributed by atoms with Gasteiger partial charge in [0.05, 0.1) is 18.0 Å². The van der Waals surface area contributed by atoms with E-state index in [0.717, 1.165) is 17.1 Å². The van der Waals surface area contributed by atoms with E-state index >= 15 is 0 Å². The van der Waals surface area contributed by atoms with Gasteiger partial charge in [-0.3, -0.25) is 9.59 Å². The Kier molecular flexibility index (Phi) is 5.90. The Balaban J connectivity index is 1.93. The number of hydrogen-bond donors (Lipinski definition) is 1. The minimum atomic E-state index is -0.820. The van der Waals surface area contributed by atoms with Gasteiger partial charge in [0.25, 0.3) is 0 Å². The summed E-state index contributed by atoms with van der Waals surface area (Å²) in [7, 11) is 0. The number of carbonyl (C=O) groups is 2. The molecular formula is C15H22N2O4S. The van der Waals surface area contributed by atoms with Crippen molar-refractivity contribution in [2.75, 3.05) is 19.7 Å². The van der Waals surface area contributed by atoms with Gasteiger partial charge in [0, 0.05) is 25.1 Å². The number of nitrogens with zero attached hydrogens (tertiary/aromatic N) is 2. The van der Waals surface area contributed by atoms with E-state index in [1.54, 1.807) is 4.90 Å². The van der Waals surface area contributed by atoms with Crippen molar-refractivity contribution >= 4 is 23.2 Å². The number of amides is 1. The number of carboxylic acids is 1. The van der Waals surface area contributed by atoms with Crippen molar-refractivity contribution < 1.29 is 19.4 Å². The lowest BCUT2D eigenvalue weighted by atomic mass is 9.98. The highest BCUT2D eigenvalue weighted by atomic mass is 32.1. The summed E-state index contributed by atoms with van der Waals surface area (Å²) in [6.07, 6.45) is 1.55. The Morgan fingerprint density at radius 1 is 1.59 bits per heavy atom. The minimum Gasteiger partial charge on any atom is -0.481 e. The number of ether oxygens (including phenoxy) is 1. The van der Waals surface area contributed by atoms with E-state index in [-0.39, 0.29) is 18.4 Å². The fourth-order valence-electron chi connectivity index (χ4n) is 2.58. The van der Waals surface area contributed by atoms with Crippen LogP contribution in [0.1, 0.15) is 43.5 Å². The Morgan fingerprint density at radius 2 is 2.36 bits per heavy atom. The molecule has 6 nitrogen and oxygen atoms in total. The second-order valence-electron chi connectivity index (χ2n) is 5.47. The molecule has 2 rings (SSSR count). The van der Waals surface area contributed by atoms with Crippen molar-refractivity contribution in [1.29, 1.82) is 0 Å². The quantitative estimate of drug-likeness (QED) is 0.866. The third kappa shape index (κ3) is 4.27. The van der Waals surface area contributed by atoms with Crippen molar-refractivity contribution in [3.05, 3.63) is 16.1 Å². The number of aromatic nitrogens is 1. The molecule has 22 heavy (non-hydrogen) atoms. The van der Waals surface area contributed by atoms with Gasteiger partial charge in [-0.05, 0) is 26.7 Å². The van der Waals surface area contributed by atoms with Crippen LogP contribution in [-0.4, -0.2) is 46.6 Å². The molecule has 1 aromatic heterocycles. The van der Waals surface area contributed by atoms with Crippen molar-refractivity contribution in [2.24, 2.45) is 5.92 Å². The molecule has 1 fully saturated rings. The van der Waals surface area contributed by atoms with E-state index in [9.17, 15) is 9.59 Å². The number of piperidine rings is 1. The summed E-state index contributed by atoms with van der Waals surface area (Å²) < 4.78 is 5.49. The van der Waals surface area contributed by atoms with Crippen LogP contribution in [0.5, 0.6) is 0 Å². The van der Waals surface area contributed by atoms with Crippen LogP contribution in [-0.2, 0) is 20.7 Å². The topological polar surface area (TPSA) is 79.7 Å². The lowest BCUT2D eigenvalue weighted by molar-refractivity contribution is -0.145. The van der Waals surface area contributed by atoms with E-state index in [4.69, 9.17) is 9.84 Å². The monoisotopic (exact) mass is 326 g/mol. The second-order valence-corrected chi connectivity index (χ2v) is 6.36. The highest BCUT2D eigenvalue weighted by molar-refractivity contribution is 7.09. The molecule has 0 saturated carbocycles. The maximum atomic E-state index is 12.3. The molecule has 7 heteroatoms. The van der Waals surface area contributed by atoms with Gasteiger partial charge in [0.15, 0.2) is 0 Å². The molecule has 0 bridgehead atoms. The van der Waals surface area contributed by atoms with Gasteiger partial charge >= 0.3 is 5.97 Å². The molecule has 2 atom stereocenters. The minimum absolute atomic E-state index is 0.0492. The summed E-state index contributed by atoms with van der Waals surface area (Å²) in [5.41, 5.74) is 0.731. The molecular weight excluding hydrogens is 304 g/mol. The van der Waals surface area contributed by atoms with Gasteiger partial charge in [-0.15, -0.1) is 11.3 Å². The first-order valence-electron chi connectivity index (χ1n) is 7.57. The van der Waals surface area contributed by atoms with Gasteiger partial charge in [-0.2, -0.15) is 0 Å². The van der Waals surface area contributed by atoms with E-state index in [1.165, 1.54) is 11.3 Å². The van der Waals surface area contributed by atoms with Crippen LogP contribution < -0.4 is 0 Å². The van der Waals surface area contributed by atoms with E-state index < -0.39 is 11.9 Å². The lowest BCUT2D eigenvalue weighted by Gasteiger charge is -2.30. The van der Waals surface area contributed by atoms with Crippen LogP contribution in [0.2, 0.25) is 0 Å². The fourth-order valence-corrected chi connectivity index (χ4v) is 3.41. The largest absolute Gasteiger partial charge is 0.481 e. The number of thiazole rings is 1. The molecule has 1 aliphatic rings. The predicted octanol–water partition coefficient (Wildman–Crippen LogP) is 2.11. The lowest BCUT2D eigenvalue weighted by Crippen LogP contribution is -2.43. The summed E-state index contributed by atoms with van der Waals surface area (Å²) in [5, 5.41) is 11.8. The molecule has 0 aromatic carbocycles. The first-order chi connectivity index (χ1) is 10.5. The summed E-state index contributed by atoms with van der Waals surface area (Å²) >= 11 is 1.49. The third-order valence-corrected chi connectivity index (χ3v) is 4.84. The average Bonchev–Trinajstić information content (AvgIpc) is 2.96. The zero-order valence-corrected chi connectivity index (χ0v) is 13.8. The second kappa shape index (κ2) is 7.69. The Morgan fingerprint density at radius 3 is 3.05 bits per heavy atom. The molecule has 2 heterocycles. The molecule has 0 aliphatic carbocycles. The molecule has 0 unspecified atom stereocenters. The van der Waals surface area contributed by atoms with Crippen molar-refractivity contribution in [1.82, 2.24) is 9.88 Å². The maximum absolute atomic E-state index is 12.3. The van der Waals surface area contributed by atoms with Crippen LogP contribution in [0, 0.1) is 5.92 Å². The molecule has 1 saturated heterocycles. The SMILES string of the molecule is CCO[C@@H](C)c1nc(CC(=O)N2CCC[C@H](C(=O)O)C2)cs1. The maximum Gasteiger partial charge on any atom is 0.308 e. The molecule has 0 radical (unpaired) electrons. The molecule has 1 aliphatic heterocycles. The van der Waals surface area contributed by atoms with Gasteiger partial charge < -0.3 is 14.7 Å². The number of carboxylic acid groups (broad SMARTS) is 1. The summed E-state index contributed by atoms with van der Waals surface area (Å²) in [4.78, 5) is 29.5. The van der Waals surface area contributed by atoms with Gasteiger partial charge in [-0.1, -0.05) is 0 Å². The van der Waals surface area contributed by atoms with E-state index in [2.05, 4.69) is 4.98 Å². The zero-order valence-electron chi connectivity index (χ0n) is 12.9. The standard InChI is InChI=1S/C15H22N2O4S/c1-3-21-10(2)14-16-12(9-22-14)7-13(18)17-6-4-5-11(8-17)15(19)20/h9-11H,3-8H2,1-2H3,(H,19,20)/t10-,11-/m0/s1. The summed E-state index contributed by atoms with van der Waals surface area (Å²) in [5.74, 6) is -1.31. The Bertz CT molecular complexity index is 531. The predicted molar refractivity (Wildman–Crippen MR) is 82.8 cm³/mol. The smallest absolute Gasteiger partial charge is 0.308 e. The van der Waals surface area contributed by atoms with Crippen LogP contribution in [0.15, 0.2) is 5.38 Å². The van der Waals surface area contributed by atoms with Crippen molar-refractivity contribution in [3.63, 3.8) is 0 Å². The first-order valence-corrected chi connectivity index (χ1v) is 8.45. The average molecular weight is 326 g/mol. The van der Waals surface area contributed by atoms with Gasteiger partial charge in [0.2, 0.25) is 5.91 Å².